The second kappa shape index (κ2) is 6.05. The second-order valence-corrected chi connectivity index (χ2v) is 6.16. The van der Waals surface area contributed by atoms with E-state index in [0.717, 1.165) is 0 Å². The molecule has 23 heavy (non-hydrogen) atoms. The molecule has 0 saturated carbocycles. The molecule has 1 N–H and O–H groups in total. The number of benzene rings is 1. The fraction of sp³-hybridized carbons (Fsp3) is 0.562. The Morgan fingerprint density at radius 3 is 2.57 bits per heavy atom. The minimum Gasteiger partial charge on any atom is -0.497 e. The summed E-state index contributed by atoms with van der Waals surface area (Å²) in [5.41, 5.74) is 0.551. The number of halogens is 2. The van der Waals surface area contributed by atoms with Crippen LogP contribution < -0.4 is 4.74 Å². The first-order valence-corrected chi connectivity index (χ1v) is 7.61. The molecule has 0 aliphatic carbocycles. The van der Waals surface area contributed by atoms with Crippen LogP contribution in [0.3, 0.4) is 0 Å². The minimum absolute atomic E-state index is 0.109. The second-order valence-electron chi connectivity index (χ2n) is 6.16. The molecule has 2 aliphatic heterocycles. The SMILES string of the molecule is COc1ccc(C(=O)N2CC(N3CC(F)(F)C[C@H]3CO)C2)cc1. The number of aliphatic hydroxyl groups excluding tert-OH is 1. The highest BCUT2D eigenvalue weighted by molar-refractivity contribution is 5.94. The lowest BCUT2D eigenvalue weighted by atomic mass is 10.0. The molecule has 1 aromatic rings. The smallest absolute Gasteiger partial charge is 0.262 e. The van der Waals surface area contributed by atoms with Crippen molar-refractivity contribution < 1.29 is 23.4 Å². The van der Waals surface area contributed by atoms with Crippen LogP contribution >= 0.6 is 0 Å². The number of hydrogen-bond donors (Lipinski definition) is 1. The number of amides is 1. The zero-order valence-electron chi connectivity index (χ0n) is 12.9. The van der Waals surface area contributed by atoms with Crippen LogP contribution in [0.2, 0.25) is 0 Å². The van der Waals surface area contributed by atoms with Crippen LogP contribution in [0.25, 0.3) is 0 Å². The lowest BCUT2D eigenvalue weighted by molar-refractivity contribution is -0.0125. The first-order valence-electron chi connectivity index (χ1n) is 7.61. The van der Waals surface area contributed by atoms with Crippen LogP contribution in [0, 0.1) is 0 Å². The number of nitrogens with zero attached hydrogens (tertiary/aromatic N) is 2. The number of ether oxygens (including phenoxy) is 1. The van der Waals surface area contributed by atoms with Gasteiger partial charge in [0.15, 0.2) is 0 Å². The zero-order valence-corrected chi connectivity index (χ0v) is 12.9. The fourth-order valence-corrected chi connectivity index (χ4v) is 3.27. The summed E-state index contributed by atoms with van der Waals surface area (Å²) in [6, 6.07) is 6.18. The molecular weight excluding hydrogens is 306 g/mol. The molecule has 2 aliphatic rings. The Hall–Kier alpha value is -1.73. The Balaban J connectivity index is 1.59. The monoisotopic (exact) mass is 326 g/mol. The van der Waals surface area contributed by atoms with E-state index in [9.17, 15) is 18.7 Å². The molecule has 0 radical (unpaired) electrons. The molecule has 2 saturated heterocycles. The van der Waals surface area contributed by atoms with E-state index in [1.807, 2.05) is 0 Å². The summed E-state index contributed by atoms with van der Waals surface area (Å²) in [5.74, 6) is -2.20. The standard InChI is InChI=1S/C16H20F2N2O3/c1-23-14-4-2-11(3-5-14)15(22)19-7-13(8-19)20-10-16(17,18)6-12(20)9-21/h2-5,12-13,21H,6-10H2,1H3/t12-/m0/s1. The van der Waals surface area contributed by atoms with E-state index in [2.05, 4.69) is 0 Å². The summed E-state index contributed by atoms with van der Waals surface area (Å²) in [5, 5.41) is 9.27. The van der Waals surface area contributed by atoms with Gasteiger partial charge in [-0.1, -0.05) is 0 Å². The van der Waals surface area contributed by atoms with Crippen molar-refractivity contribution in [2.24, 2.45) is 0 Å². The van der Waals surface area contributed by atoms with Crippen LogP contribution in [0.4, 0.5) is 8.78 Å². The number of aliphatic hydroxyl groups is 1. The molecule has 0 aromatic heterocycles. The Kier molecular flexibility index (Phi) is 4.25. The zero-order chi connectivity index (χ0) is 16.6. The molecule has 0 spiro atoms. The van der Waals surface area contributed by atoms with Gasteiger partial charge in [0.2, 0.25) is 0 Å². The van der Waals surface area contributed by atoms with Gasteiger partial charge in [0.25, 0.3) is 11.8 Å². The molecule has 1 aromatic carbocycles. The summed E-state index contributed by atoms with van der Waals surface area (Å²) < 4.78 is 32.1. The van der Waals surface area contributed by atoms with Gasteiger partial charge in [0, 0.05) is 37.2 Å². The Morgan fingerprint density at radius 2 is 2.00 bits per heavy atom. The van der Waals surface area contributed by atoms with Crippen molar-refractivity contribution in [3.8, 4) is 5.75 Å². The highest BCUT2D eigenvalue weighted by Crippen LogP contribution is 2.35. The van der Waals surface area contributed by atoms with Gasteiger partial charge in [-0.25, -0.2) is 8.78 Å². The number of likely N-dealkylation sites (tertiary alicyclic amines) is 2. The van der Waals surface area contributed by atoms with Gasteiger partial charge in [0.1, 0.15) is 5.75 Å². The summed E-state index contributed by atoms with van der Waals surface area (Å²) in [4.78, 5) is 15.6. The van der Waals surface area contributed by atoms with Crippen molar-refractivity contribution in [1.29, 1.82) is 0 Å². The third-order valence-electron chi connectivity index (χ3n) is 4.58. The van der Waals surface area contributed by atoms with Crippen LogP contribution in [0.15, 0.2) is 24.3 Å². The first kappa shape index (κ1) is 16.1. The van der Waals surface area contributed by atoms with Gasteiger partial charge in [-0.2, -0.15) is 0 Å². The Labute approximate surface area is 133 Å². The van der Waals surface area contributed by atoms with Gasteiger partial charge in [-0.3, -0.25) is 9.69 Å². The first-order chi connectivity index (χ1) is 10.9. The average Bonchev–Trinajstić information content (AvgIpc) is 2.80. The van der Waals surface area contributed by atoms with E-state index in [4.69, 9.17) is 4.74 Å². The quantitative estimate of drug-likeness (QED) is 0.904. The molecule has 1 amide bonds. The molecule has 2 heterocycles. The number of methoxy groups -OCH3 is 1. The minimum atomic E-state index is -2.76. The molecule has 0 unspecified atom stereocenters. The molecule has 126 valence electrons. The average molecular weight is 326 g/mol. The van der Waals surface area contributed by atoms with Crippen molar-refractivity contribution in [2.45, 2.75) is 24.4 Å². The number of carbonyl (C=O) groups is 1. The topological polar surface area (TPSA) is 53.0 Å². The van der Waals surface area contributed by atoms with Gasteiger partial charge >= 0.3 is 0 Å². The number of alkyl halides is 2. The van der Waals surface area contributed by atoms with Gasteiger partial charge < -0.3 is 14.7 Å². The van der Waals surface area contributed by atoms with E-state index >= 15 is 0 Å². The van der Waals surface area contributed by atoms with Crippen LogP contribution in [-0.2, 0) is 0 Å². The molecule has 5 nitrogen and oxygen atoms in total. The Bertz CT molecular complexity index is 573. The van der Waals surface area contributed by atoms with E-state index in [-0.39, 0.29) is 31.5 Å². The van der Waals surface area contributed by atoms with Gasteiger partial charge in [-0.15, -0.1) is 0 Å². The molecule has 2 fully saturated rings. The predicted molar refractivity (Wildman–Crippen MR) is 79.8 cm³/mol. The van der Waals surface area contributed by atoms with Gasteiger partial charge in [0.05, 0.1) is 20.3 Å². The Morgan fingerprint density at radius 1 is 1.35 bits per heavy atom. The van der Waals surface area contributed by atoms with Crippen molar-refractivity contribution >= 4 is 5.91 Å². The van der Waals surface area contributed by atoms with Crippen molar-refractivity contribution in [3.63, 3.8) is 0 Å². The number of rotatable bonds is 4. The third kappa shape index (κ3) is 3.16. The van der Waals surface area contributed by atoms with E-state index in [0.29, 0.717) is 24.4 Å². The number of hydrogen-bond acceptors (Lipinski definition) is 4. The van der Waals surface area contributed by atoms with E-state index in [1.54, 1.807) is 41.2 Å². The molecule has 3 rings (SSSR count). The van der Waals surface area contributed by atoms with Crippen molar-refractivity contribution in [3.05, 3.63) is 29.8 Å². The normalized spacial score (nSPS) is 24.5. The predicted octanol–water partition coefficient (Wildman–Crippen LogP) is 1.22. The maximum atomic E-state index is 13.5. The molecule has 0 bridgehead atoms. The summed E-state index contributed by atoms with van der Waals surface area (Å²) >= 11 is 0. The highest BCUT2D eigenvalue weighted by Gasteiger charge is 2.49. The van der Waals surface area contributed by atoms with Crippen molar-refractivity contribution in [1.82, 2.24) is 9.80 Å². The van der Waals surface area contributed by atoms with E-state index in [1.165, 1.54) is 0 Å². The van der Waals surface area contributed by atoms with E-state index < -0.39 is 12.0 Å². The fourth-order valence-electron chi connectivity index (χ4n) is 3.27. The van der Waals surface area contributed by atoms with Crippen molar-refractivity contribution in [2.75, 3.05) is 33.4 Å². The summed E-state index contributed by atoms with van der Waals surface area (Å²) in [6.45, 7) is 0.209. The van der Waals surface area contributed by atoms with Crippen LogP contribution in [-0.4, -0.2) is 72.2 Å². The van der Waals surface area contributed by atoms with Crippen LogP contribution in [0.5, 0.6) is 5.75 Å². The summed E-state index contributed by atoms with van der Waals surface area (Å²) in [7, 11) is 1.56. The maximum absolute atomic E-state index is 13.5. The molecule has 7 heteroatoms. The largest absolute Gasteiger partial charge is 0.497 e. The third-order valence-corrected chi connectivity index (χ3v) is 4.58. The maximum Gasteiger partial charge on any atom is 0.262 e. The highest BCUT2D eigenvalue weighted by atomic mass is 19.3. The number of carbonyl (C=O) groups excluding carboxylic acids is 1. The summed E-state index contributed by atoms with van der Waals surface area (Å²) in [6.07, 6.45) is -0.313. The lowest BCUT2D eigenvalue weighted by Gasteiger charge is -2.45. The van der Waals surface area contributed by atoms with Crippen LogP contribution in [0.1, 0.15) is 16.8 Å². The molecular formula is C16H20F2N2O3. The molecule has 1 atom stereocenters. The van der Waals surface area contributed by atoms with Gasteiger partial charge in [-0.05, 0) is 24.3 Å². The lowest BCUT2D eigenvalue weighted by Crippen LogP contribution is -2.62.